The predicted molar refractivity (Wildman–Crippen MR) is 127 cm³/mol. The molecule has 1 heterocycles. The summed E-state index contributed by atoms with van der Waals surface area (Å²) in [6.07, 6.45) is 3.65. The maximum atomic E-state index is 13.2. The van der Waals surface area contributed by atoms with Crippen LogP contribution in [0, 0.1) is 17.7 Å². The number of hydrogen-bond acceptors (Lipinski definition) is 3. The lowest BCUT2D eigenvalue weighted by atomic mass is 9.93. The maximum absolute atomic E-state index is 13.2. The van der Waals surface area contributed by atoms with E-state index in [2.05, 4.69) is 79.3 Å². The van der Waals surface area contributed by atoms with Crippen LogP contribution in [0.2, 0.25) is 0 Å². The second-order valence-corrected chi connectivity index (χ2v) is 7.95. The Balaban J connectivity index is 1.74. The molecule has 0 aromatic heterocycles. The molecule has 1 aliphatic rings. The minimum atomic E-state index is -0.632. The lowest BCUT2D eigenvalue weighted by Crippen LogP contribution is -2.42. The summed E-state index contributed by atoms with van der Waals surface area (Å²) in [5.41, 5.74) is 4.64. The van der Waals surface area contributed by atoms with Crippen LogP contribution >= 0.6 is 0 Å². The summed E-state index contributed by atoms with van der Waals surface area (Å²) in [7, 11) is 2.10. The SMILES string of the molecule is C=Cc1cc(CC)ccc1CN(C)CCC1(C#Cc2ccc(F)cc2)NC(=C)NC1=C. The van der Waals surface area contributed by atoms with E-state index < -0.39 is 5.54 Å². The van der Waals surface area contributed by atoms with Gasteiger partial charge in [0.2, 0.25) is 0 Å². The molecule has 0 saturated carbocycles. The van der Waals surface area contributed by atoms with Crippen molar-refractivity contribution in [3.63, 3.8) is 0 Å². The third-order valence-electron chi connectivity index (χ3n) is 5.59. The Labute approximate surface area is 185 Å². The summed E-state index contributed by atoms with van der Waals surface area (Å²) in [6.45, 7) is 15.9. The van der Waals surface area contributed by atoms with Crippen molar-refractivity contribution in [1.29, 1.82) is 0 Å². The van der Waals surface area contributed by atoms with Gasteiger partial charge in [0.25, 0.3) is 0 Å². The van der Waals surface area contributed by atoms with Gasteiger partial charge in [-0.2, -0.15) is 0 Å². The van der Waals surface area contributed by atoms with Crippen LogP contribution in [-0.4, -0.2) is 24.0 Å². The maximum Gasteiger partial charge on any atom is 0.141 e. The Bertz CT molecular complexity index is 1040. The van der Waals surface area contributed by atoms with Gasteiger partial charge in [-0.25, -0.2) is 4.39 Å². The molecule has 1 unspecified atom stereocenters. The highest BCUT2D eigenvalue weighted by molar-refractivity contribution is 5.53. The molecule has 3 nitrogen and oxygen atoms in total. The minimum absolute atomic E-state index is 0.272. The Hall–Kier alpha value is -3.29. The highest BCUT2D eigenvalue weighted by Crippen LogP contribution is 2.26. The zero-order chi connectivity index (χ0) is 22.4. The minimum Gasteiger partial charge on any atom is -0.351 e. The first-order valence-corrected chi connectivity index (χ1v) is 10.5. The van der Waals surface area contributed by atoms with Crippen LogP contribution in [0.5, 0.6) is 0 Å². The number of nitrogens with one attached hydrogen (secondary N) is 2. The summed E-state index contributed by atoms with van der Waals surface area (Å²) < 4.78 is 13.2. The van der Waals surface area contributed by atoms with Crippen molar-refractivity contribution in [3.8, 4) is 11.8 Å². The van der Waals surface area contributed by atoms with Crippen LogP contribution in [0.1, 0.15) is 35.6 Å². The van der Waals surface area contributed by atoms with Crippen LogP contribution < -0.4 is 10.6 Å². The zero-order valence-electron chi connectivity index (χ0n) is 18.4. The molecule has 1 aliphatic heterocycles. The zero-order valence-corrected chi connectivity index (χ0v) is 18.4. The fourth-order valence-electron chi connectivity index (χ4n) is 3.67. The smallest absolute Gasteiger partial charge is 0.141 e. The highest BCUT2D eigenvalue weighted by Gasteiger charge is 2.37. The molecule has 0 radical (unpaired) electrons. The molecule has 0 amide bonds. The van der Waals surface area contributed by atoms with Crippen molar-refractivity contribution in [3.05, 3.63) is 102 Å². The summed E-state index contributed by atoms with van der Waals surface area (Å²) in [6, 6.07) is 12.8. The molecule has 160 valence electrons. The predicted octanol–water partition coefficient (Wildman–Crippen LogP) is 4.82. The second kappa shape index (κ2) is 9.68. The molecule has 0 spiro atoms. The van der Waals surface area contributed by atoms with Crippen LogP contribution in [0.3, 0.4) is 0 Å². The van der Waals surface area contributed by atoms with Gasteiger partial charge >= 0.3 is 0 Å². The molecular weight excluding hydrogens is 385 g/mol. The Kier molecular flexibility index (Phi) is 6.99. The lowest BCUT2D eigenvalue weighted by Gasteiger charge is -2.27. The molecule has 0 bridgehead atoms. The van der Waals surface area contributed by atoms with Crippen molar-refractivity contribution in [2.45, 2.75) is 31.8 Å². The monoisotopic (exact) mass is 415 g/mol. The lowest BCUT2D eigenvalue weighted by molar-refractivity contribution is 0.299. The third-order valence-corrected chi connectivity index (χ3v) is 5.59. The largest absolute Gasteiger partial charge is 0.351 e. The van der Waals surface area contributed by atoms with Crippen molar-refractivity contribution < 1.29 is 4.39 Å². The molecule has 2 aromatic carbocycles. The number of nitrogens with zero attached hydrogens (tertiary/aromatic N) is 1. The first-order chi connectivity index (χ1) is 14.8. The molecular formula is C27H30FN3. The molecule has 3 rings (SSSR count). The number of rotatable bonds is 7. The van der Waals surface area contributed by atoms with E-state index in [0.29, 0.717) is 5.82 Å². The quantitative estimate of drug-likeness (QED) is 0.635. The Morgan fingerprint density at radius 3 is 2.52 bits per heavy atom. The normalized spacial score (nSPS) is 17.7. The van der Waals surface area contributed by atoms with Gasteiger partial charge in [0, 0.05) is 30.8 Å². The average Bonchev–Trinajstić information content (AvgIpc) is 3.05. The van der Waals surface area contributed by atoms with Gasteiger partial charge in [-0.15, -0.1) is 0 Å². The van der Waals surface area contributed by atoms with Crippen LogP contribution in [0.4, 0.5) is 4.39 Å². The van der Waals surface area contributed by atoms with Crippen molar-refractivity contribution in [2.75, 3.05) is 13.6 Å². The molecule has 31 heavy (non-hydrogen) atoms. The summed E-state index contributed by atoms with van der Waals surface area (Å²) in [4.78, 5) is 2.27. The van der Waals surface area contributed by atoms with E-state index in [1.54, 1.807) is 12.1 Å². The number of benzene rings is 2. The molecule has 4 heteroatoms. The topological polar surface area (TPSA) is 27.3 Å². The first-order valence-electron chi connectivity index (χ1n) is 10.5. The summed E-state index contributed by atoms with van der Waals surface area (Å²) in [5.74, 6) is 6.89. The van der Waals surface area contributed by atoms with Crippen molar-refractivity contribution in [2.24, 2.45) is 0 Å². The van der Waals surface area contributed by atoms with E-state index in [-0.39, 0.29) is 5.82 Å². The second-order valence-electron chi connectivity index (χ2n) is 7.95. The van der Waals surface area contributed by atoms with E-state index in [9.17, 15) is 4.39 Å². The van der Waals surface area contributed by atoms with Gasteiger partial charge < -0.3 is 15.5 Å². The summed E-state index contributed by atoms with van der Waals surface area (Å²) >= 11 is 0. The highest BCUT2D eigenvalue weighted by atomic mass is 19.1. The van der Waals surface area contributed by atoms with Gasteiger partial charge in [0.15, 0.2) is 0 Å². The van der Waals surface area contributed by atoms with E-state index >= 15 is 0 Å². The molecule has 2 aromatic rings. The van der Waals surface area contributed by atoms with Gasteiger partial charge in [0.1, 0.15) is 11.4 Å². The van der Waals surface area contributed by atoms with Gasteiger partial charge in [-0.3, -0.25) is 0 Å². The van der Waals surface area contributed by atoms with Gasteiger partial charge in [-0.1, -0.05) is 62.8 Å². The van der Waals surface area contributed by atoms with Crippen LogP contribution in [0.15, 0.2) is 73.7 Å². The van der Waals surface area contributed by atoms with E-state index in [0.717, 1.165) is 37.2 Å². The van der Waals surface area contributed by atoms with E-state index in [1.165, 1.54) is 28.8 Å². The molecule has 0 aliphatic carbocycles. The molecule has 1 saturated heterocycles. The van der Waals surface area contributed by atoms with Crippen LogP contribution in [0.25, 0.3) is 6.08 Å². The molecule has 1 fully saturated rings. The van der Waals surface area contributed by atoms with Crippen molar-refractivity contribution in [1.82, 2.24) is 15.5 Å². The average molecular weight is 416 g/mol. The standard InChI is InChI=1S/C27H30FN3/c1-6-22-8-11-25(24(7-2)18-22)19-31(5)17-16-27(20(3)29-21(4)30-27)15-14-23-9-12-26(28)13-10-23/h7-13,18,29-30H,2-4,6,16-17,19H2,1,5H3. The van der Waals surface area contributed by atoms with Crippen LogP contribution in [-0.2, 0) is 13.0 Å². The Morgan fingerprint density at radius 1 is 1.16 bits per heavy atom. The fraction of sp³-hybridized carbons (Fsp3) is 0.259. The van der Waals surface area contributed by atoms with Gasteiger partial charge in [-0.05, 0) is 54.4 Å². The number of hydrogen-bond donors (Lipinski definition) is 2. The van der Waals surface area contributed by atoms with E-state index in [4.69, 9.17) is 0 Å². The van der Waals surface area contributed by atoms with Gasteiger partial charge in [0.05, 0.1) is 5.82 Å². The number of aryl methyl sites for hydroxylation is 1. The van der Waals surface area contributed by atoms with E-state index in [1.807, 2.05) is 6.08 Å². The summed E-state index contributed by atoms with van der Waals surface area (Å²) in [5, 5.41) is 6.52. The molecule has 2 N–H and O–H groups in total. The fourth-order valence-corrected chi connectivity index (χ4v) is 3.67. The van der Waals surface area contributed by atoms with Crippen molar-refractivity contribution >= 4 is 6.08 Å². The Morgan fingerprint density at radius 2 is 1.90 bits per heavy atom. The third kappa shape index (κ3) is 5.45. The number of halogens is 1. The molecule has 1 atom stereocenters. The first kappa shape index (κ1) is 22.4.